The maximum absolute atomic E-state index is 13.6. The third-order valence-corrected chi connectivity index (χ3v) is 6.65. The van der Waals surface area contributed by atoms with Crippen LogP contribution in [0.1, 0.15) is 11.6 Å². The van der Waals surface area contributed by atoms with Crippen LogP contribution in [0.5, 0.6) is 0 Å². The van der Waals surface area contributed by atoms with Gasteiger partial charge in [0.05, 0.1) is 11.1 Å². The van der Waals surface area contributed by atoms with E-state index in [1.807, 2.05) is 30.3 Å². The molecule has 0 radical (unpaired) electrons. The largest absolute Gasteiger partial charge is 0.325 e. The number of carbonyl (C=O) groups is 1. The number of benzene rings is 3. The summed E-state index contributed by atoms with van der Waals surface area (Å²) in [7, 11) is 0. The summed E-state index contributed by atoms with van der Waals surface area (Å²) in [6, 6.07) is 18.9. The Kier molecular flexibility index (Phi) is 5.74. The number of hydrogen-bond donors (Lipinski definition) is 2. The summed E-state index contributed by atoms with van der Waals surface area (Å²) in [4.78, 5) is 13.3. The van der Waals surface area contributed by atoms with E-state index >= 15 is 0 Å². The van der Waals surface area contributed by atoms with E-state index in [4.69, 9.17) is 11.6 Å². The molecule has 0 bridgehead atoms. The van der Waals surface area contributed by atoms with Crippen LogP contribution in [-0.2, 0) is 4.79 Å². The second-order valence-corrected chi connectivity index (χ2v) is 8.84. The smallest absolute Gasteiger partial charge is 0.240 e. The number of amides is 1. The first kappa shape index (κ1) is 21.4. The van der Waals surface area contributed by atoms with E-state index in [0.717, 1.165) is 5.56 Å². The molecule has 1 aliphatic rings. The maximum Gasteiger partial charge on any atom is 0.240 e. The number of rotatable bonds is 4. The highest BCUT2D eigenvalue weighted by Crippen LogP contribution is 2.39. The molecule has 6 nitrogen and oxygen atoms in total. The van der Waals surface area contributed by atoms with Crippen LogP contribution in [0.15, 0.2) is 78.0 Å². The van der Waals surface area contributed by atoms with Crippen molar-refractivity contribution < 1.29 is 13.6 Å². The number of anilines is 1. The van der Waals surface area contributed by atoms with E-state index in [1.54, 1.807) is 16.8 Å². The molecule has 2 heterocycles. The molecule has 0 unspecified atom stereocenters. The van der Waals surface area contributed by atoms with Crippen LogP contribution in [0, 0.1) is 11.6 Å². The van der Waals surface area contributed by atoms with Gasteiger partial charge in [0.25, 0.3) is 0 Å². The molecule has 4 aromatic rings. The predicted octanol–water partition coefficient (Wildman–Crippen LogP) is 5.27. The Balaban J connectivity index is 1.50. The van der Waals surface area contributed by atoms with Crippen LogP contribution in [0.25, 0.3) is 11.4 Å². The van der Waals surface area contributed by atoms with Gasteiger partial charge in [0.2, 0.25) is 11.1 Å². The molecule has 0 aliphatic carbocycles. The van der Waals surface area contributed by atoms with Crippen LogP contribution in [0.3, 0.4) is 0 Å². The molecule has 1 aromatic heterocycles. The minimum absolute atomic E-state index is 0.0930. The van der Waals surface area contributed by atoms with Gasteiger partial charge in [0.1, 0.15) is 16.9 Å². The minimum atomic E-state index is -0.681. The standard InChI is InChI=1S/C23H16ClF2N5OS/c24-17-12-16(10-11-18(17)26)27-22(32)20-19(13-6-8-15(25)9-7-13)30-31-21(28-29-23(31)33-20)14-4-2-1-3-5-14/h1-12,19-20,30H,(H,27,32)/t19-,20-/m1/s1. The van der Waals surface area contributed by atoms with Crippen molar-refractivity contribution in [2.24, 2.45) is 0 Å². The number of hydrogen-bond acceptors (Lipinski definition) is 5. The lowest BCUT2D eigenvalue weighted by atomic mass is 10.0. The van der Waals surface area contributed by atoms with E-state index in [2.05, 4.69) is 20.9 Å². The van der Waals surface area contributed by atoms with E-state index in [0.29, 0.717) is 22.2 Å². The summed E-state index contributed by atoms with van der Waals surface area (Å²) < 4.78 is 28.8. The Labute approximate surface area is 197 Å². The number of nitrogens with one attached hydrogen (secondary N) is 2. The van der Waals surface area contributed by atoms with Gasteiger partial charge in [-0.15, -0.1) is 10.2 Å². The molecule has 10 heteroatoms. The predicted molar refractivity (Wildman–Crippen MR) is 124 cm³/mol. The maximum atomic E-state index is 13.6. The second-order valence-electron chi connectivity index (χ2n) is 7.32. The van der Waals surface area contributed by atoms with Gasteiger partial charge in [-0.25, -0.2) is 13.5 Å². The zero-order chi connectivity index (χ0) is 22.9. The molecule has 0 fully saturated rings. The van der Waals surface area contributed by atoms with Crippen LogP contribution in [-0.4, -0.2) is 26.0 Å². The Morgan fingerprint density at radius 1 is 1.03 bits per heavy atom. The monoisotopic (exact) mass is 483 g/mol. The number of halogens is 3. The number of thioether (sulfide) groups is 1. The first-order valence-corrected chi connectivity index (χ1v) is 11.2. The molecule has 1 aliphatic heterocycles. The van der Waals surface area contributed by atoms with Gasteiger partial charge in [0, 0.05) is 11.3 Å². The van der Waals surface area contributed by atoms with E-state index in [-0.39, 0.29) is 16.7 Å². The molecular formula is C23H16ClF2N5OS. The number of aromatic nitrogens is 3. The Morgan fingerprint density at radius 3 is 2.52 bits per heavy atom. The van der Waals surface area contributed by atoms with Crippen molar-refractivity contribution in [2.75, 3.05) is 10.7 Å². The summed E-state index contributed by atoms with van der Waals surface area (Å²) in [6.45, 7) is 0. The fourth-order valence-electron chi connectivity index (χ4n) is 3.54. The third kappa shape index (κ3) is 4.29. The first-order chi connectivity index (χ1) is 16.0. The first-order valence-electron chi connectivity index (χ1n) is 9.95. The van der Waals surface area contributed by atoms with Gasteiger partial charge in [0.15, 0.2) is 5.82 Å². The highest BCUT2D eigenvalue weighted by atomic mass is 35.5. The number of fused-ring (bicyclic) bond motifs is 1. The molecule has 1 amide bonds. The zero-order valence-electron chi connectivity index (χ0n) is 16.9. The average Bonchev–Trinajstić information content (AvgIpc) is 3.25. The van der Waals surface area contributed by atoms with Crippen molar-refractivity contribution in [3.63, 3.8) is 0 Å². The molecule has 2 atom stereocenters. The van der Waals surface area contributed by atoms with Crippen molar-refractivity contribution in [2.45, 2.75) is 16.4 Å². The lowest BCUT2D eigenvalue weighted by molar-refractivity contribution is -0.116. The van der Waals surface area contributed by atoms with Crippen molar-refractivity contribution in [3.8, 4) is 11.4 Å². The summed E-state index contributed by atoms with van der Waals surface area (Å²) in [5.74, 6) is -0.706. The van der Waals surface area contributed by atoms with E-state index in [1.165, 1.54) is 42.1 Å². The van der Waals surface area contributed by atoms with E-state index in [9.17, 15) is 13.6 Å². The van der Waals surface area contributed by atoms with Crippen LogP contribution in [0.4, 0.5) is 14.5 Å². The lowest BCUT2D eigenvalue weighted by Gasteiger charge is -2.33. The Hall–Kier alpha value is -3.43. The molecule has 3 aromatic carbocycles. The van der Waals surface area contributed by atoms with Crippen molar-refractivity contribution >= 4 is 35.0 Å². The van der Waals surface area contributed by atoms with Crippen molar-refractivity contribution in [1.82, 2.24) is 14.9 Å². The average molecular weight is 484 g/mol. The SMILES string of the molecule is O=C(Nc1ccc(F)c(Cl)c1)[C@@H]1Sc2nnc(-c3ccccc3)n2N[C@@H]1c1ccc(F)cc1. The molecule has 2 N–H and O–H groups in total. The molecule has 166 valence electrons. The molecule has 0 saturated carbocycles. The Morgan fingerprint density at radius 2 is 1.79 bits per heavy atom. The molecule has 0 spiro atoms. The highest BCUT2D eigenvalue weighted by Gasteiger charge is 2.38. The normalized spacial score (nSPS) is 17.2. The number of nitrogens with zero attached hydrogens (tertiary/aromatic N) is 3. The summed E-state index contributed by atoms with van der Waals surface area (Å²) in [5, 5.41) is 11.0. The third-order valence-electron chi connectivity index (χ3n) is 5.14. The highest BCUT2D eigenvalue weighted by molar-refractivity contribution is 8.00. The van der Waals surface area contributed by atoms with Crippen LogP contribution in [0.2, 0.25) is 5.02 Å². The molecule has 0 saturated heterocycles. The zero-order valence-corrected chi connectivity index (χ0v) is 18.4. The molecule has 5 rings (SSSR count). The van der Waals surface area contributed by atoms with Gasteiger partial charge in [-0.05, 0) is 35.9 Å². The van der Waals surface area contributed by atoms with Gasteiger partial charge >= 0.3 is 0 Å². The van der Waals surface area contributed by atoms with Crippen LogP contribution >= 0.6 is 23.4 Å². The second kappa shape index (κ2) is 8.84. The Bertz CT molecular complexity index is 1320. The fraction of sp³-hybridized carbons (Fsp3) is 0.0870. The topological polar surface area (TPSA) is 71.8 Å². The minimum Gasteiger partial charge on any atom is -0.325 e. The van der Waals surface area contributed by atoms with Gasteiger partial charge < -0.3 is 10.7 Å². The van der Waals surface area contributed by atoms with E-state index < -0.39 is 17.1 Å². The lowest BCUT2D eigenvalue weighted by Crippen LogP contribution is -2.41. The summed E-state index contributed by atoms with van der Waals surface area (Å²) in [6.07, 6.45) is 0. The van der Waals surface area contributed by atoms with Gasteiger partial charge in [-0.2, -0.15) is 0 Å². The number of carbonyl (C=O) groups excluding carboxylic acids is 1. The molecule has 33 heavy (non-hydrogen) atoms. The quantitative estimate of drug-likeness (QED) is 0.413. The summed E-state index contributed by atoms with van der Waals surface area (Å²) in [5.41, 5.74) is 5.24. The summed E-state index contributed by atoms with van der Waals surface area (Å²) >= 11 is 7.08. The van der Waals surface area contributed by atoms with Gasteiger partial charge in [-0.1, -0.05) is 65.8 Å². The van der Waals surface area contributed by atoms with Gasteiger partial charge in [-0.3, -0.25) is 4.79 Å². The van der Waals surface area contributed by atoms with Crippen molar-refractivity contribution in [3.05, 3.63) is 95.0 Å². The fourth-order valence-corrected chi connectivity index (χ4v) is 4.80. The molecular weight excluding hydrogens is 468 g/mol. The van der Waals surface area contributed by atoms with Crippen LogP contribution < -0.4 is 10.7 Å². The van der Waals surface area contributed by atoms with Crippen molar-refractivity contribution in [1.29, 1.82) is 0 Å².